The van der Waals surface area contributed by atoms with Gasteiger partial charge in [0, 0.05) is 68.3 Å². The first-order chi connectivity index (χ1) is 25.3. The van der Waals surface area contributed by atoms with Crippen LogP contribution < -0.4 is 32.3 Å². The van der Waals surface area contributed by atoms with Crippen LogP contribution in [0.25, 0.3) is 21.9 Å². The van der Waals surface area contributed by atoms with E-state index in [1.165, 1.54) is 0 Å². The van der Waals surface area contributed by atoms with Crippen molar-refractivity contribution < 1.29 is 19.2 Å². The number of nitrogens with two attached hydrogens (primary N) is 1. The maximum absolute atomic E-state index is 12.4. The summed E-state index contributed by atoms with van der Waals surface area (Å²) < 4.78 is 2.28. The lowest BCUT2D eigenvalue weighted by atomic mass is 10.0. The van der Waals surface area contributed by atoms with Gasteiger partial charge in [0.1, 0.15) is 11.3 Å². The number of nitrogens with zero attached hydrogens (tertiary/aromatic N) is 3. The summed E-state index contributed by atoms with van der Waals surface area (Å²) in [5.41, 5.74) is 8.96. The highest BCUT2D eigenvalue weighted by atomic mass is 32.2. The van der Waals surface area contributed by atoms with Crippen LogP contribution in [0, 0.1) is 0 Å². The number of hydrogen-bond donors (Lipinski definition) is 6. The molecule has 2 saturated heterocycles. The first kappa shape index (κ1) is 39.1. The molecule has 3 aromatic rings. The van der Waals surface area contributed by atoms with Gasteiger partial charge in [0.2, 0.25) is 17.7 Å². The van der Waals surface area contributed by atoms with E-state index in [0.29, 0.717) is 50.0 Å². The molecule has 7 N–H and O–H groups in total. The Labute approximate surface area is 311 Å². The molecule has 1 aromatic carbocycles. The number of para-hydroxylation sites is 1. The highest BCUT2D eigenvalue weighted by molar-refractivity contribution is 8.00. The van der Waals surface area contributed by atoms with Gasteiger partial charge in [-0.3, -0.25) is 14.4 Å². The van der Waals surface area contributed by atoms with Gasteiger partial charge in [0.25, 0.3) is 0 Å². The summed E-state index contributed by atoms with van der Waals surface area (Å²) in [6, 6.07) is 8.43. The number of hydrogen-bond acceptors (Lipinski definition) is 8. The molecular formula is C38H57N9O4S. The minimum absolute atomic E-state index is 0.0351. The Balaban J connectivity index is 0.836. The number of imidazole rings is 1. The van der Waals surface area contributed by atoms with Crippen LogP contribution in [0.5, 0.6) is 0 Å². The molecule has 0 spiro atoms. The van der Waals surface area contributed by atoms with E-state index in [1.54, 1.807) is 0 Å². The van der Waals surface area contributed by atoms with Gasteiger partial charge < -0.3 is 36.9 Å². The van der Waals surface area contributed by atoms with E-state index >= 15 is 0 Å². The number of anilines is 1. The Morgan fingerprint density at radius 2 is 1.48 bits per heavy atom. The van der Waals surface area contributed by atoms with Crippen molar-refractivity contribution in [2.75, 3.05) is 31.1 Å². The Hall–Kier alpha value is -4.07. The lowest BCUT2D eigenvalue weighted by Gasteiger charge is -2.16. The number of urea groups is 1. The van der Waals surface area contributed by atoms with Crippen LogP contribution in [0.15, 0.2) is 24.3 Å². The van der Waals surface area contributed by atoms with Crippen molar-refractivity contribution in [3.63, 3.8) is 0 Å². The number of unbranched alkanes of at least 4 members (excludes halogenated alkanes) is 5. The second-order valence-corrected chi connectivity index (χ2v) is 15.3. The van der Waals surface area contributed by atoms with Crippen LogP contribution in [0.1, 0.15) is 103 Å². The van der Waals surface area contributed by atoms with E-state index < -0.39 is 0 Å². The van der Waals surface area contributed by atoms with Crippen LogP contribution >= 0.6 is 11.8 Å². The SMILES string of the molecule is CCCc1nc2c(N)nc3ccccc3c2n1CCCCNC(=O)CCCCNC(=O)CCCCCNC(=O)CCCCC1SCC2NC(=O)NC21. The number of aromatic nitrogens is 3. The lowest BCUT2D eigenvalue weighted by molar-refractivity contribution is -0.122. The number of nitrogens with one attached hydrogen (secondary N) is 5. The fourth-order valence-electron chi connectivity index (χ4n) is 7.18. The standard InChI is InChI=1S/C38H57N9O4S/c1-2-14-30-45-35-36(26-15-5-6-16-27(26)43-37(35)39)47(30)24-13-12-23-42-33(50)20-9-11-22-41-31(48)18-4-3-10-21-40-32(49)19-8-7-17-29-34-28(25-52-29)44-38(51)46-34/h5-6,15-16,28-29,34H,2-4,7-14,17-25H2,1H3,(H2,39,43)(H,40,49)(H,41,48)(H,42,50)(H2,44,46,51). The maximum atomic E-state index is 12.4. The van der Waals surface area contributed by atoms with Crippen LogP contribution in [-0.2, 0) is 27.3 Å². The molecule has 0 aliphatic carbocycles. The van der Waals surface area contributed by atoms with Gasteiger partial charge in [-0.2, -0.15) is 11.8 Å². The predicted octanol–water partition coefficient (Wildman–Crippen LogP) is 4.70. The number of fused-ring (bicyclic) bond motifs is 4. The highest BCUT2D eigenvalue weighted by Crippen LogP contribution is 2.33. The number of aryl methyl sites for hydroxylation is 2. The van der Waals surface area contributed by atoms with Crippen LogP contribution in [0.4, 0.5) is 10.6 Å². The molecule has 4 heterocycles. The molecule has 3 unspecified atom stereocenters. The van der Waals surface area contributed by atoms with Crippen LogP contribution in [0.2, 0.25) is 0 Å². The topological polar surface area (TPSA) is 185 Å². The summed E-state index contributed by atoms with van der Waals surface area (Å²) in [7, 11) is 0. The normalized spacial score (nSPS) is 17.9. The summed E-state index contributed by atoms with van der Waals surface area (Å²) >= 11 is 1.90. The number of carbonyl (C=O) groups is 4. The quantitative estimate of drug-likeness (QED) is 0.0598. The van der Waals surface area contributed by atoms with Gasteiger partial charge in [-0.25, -0.2) is 14.8 Å². The van der Waals surface area contributed by atoms with Crippen molar-refractivity contribution in [2.45, 2.75) is 127 Å². The van der Waals surface area contributed by atoms with Gasteiger partial charge in [0.15, 0.2) is 5.82 Å². The molecule has 2 aromatic heterocycles. The Morgan fingerprint density at radius 1 is 0.846 bits per heavy atom. The van der Waals surface area contributed by atoms with Gasteiger partial charge >= 0.3 is 6.03 Å². The Morgan fingerprint density at radius 3 is 2.19 bits per heavy atom. The zero-order chi connectivity index (χ0) is 36.7. The van der Waals surface area contributed by atoms with E-state index in [4.69, 9.17) is 10.7 Å². The van der Waals surface area contributed by atoms with Crippen molar-refractivity contribution >= 4 is 63.3 Å². The molecule has 2 aliphatic rings. The number of pyridine rings is 1. The summed E-state index contributed by atoms with van der Waals surface area (Å²) in [4.78, 5) is 57.7. The molecule has 5 amide bonds. The number of rotatable bonds is 23. The van der Waals surface area contributed by atoms with E-state index in [2.05, 4.69) is 49.1 Å². The minimum Gasteiger partial charge on any atom is -0.382 e. The average molecular weight is 736 g/mol. The average Bonchev–Trinajstić information content (AvgIpc) is 3.81. The molecule has 13 nitrogen and oxygen atoms in total. The summed E-state index contributed by atoms with van der Waals surface area (Å²) in [6.45, 7) is 4.78. The van der Waals surface area contributed by atoms with Crippen LogP contribution in [0.3, 0.4) is 0 Å². The summed E-state index contributed by atoms with van der Waals surface area (Å²) in [5, 5.41) is 16.4. The van der Waals surface area contributed by atoms with Gasteiger partial charge in [-0.05, 0) is 63.9 Å². The zero-order valence-electron chi connectivity index (χ0n) is 30.6. The van der Waals surface area contributed by atoms with E-state index in [-0.39, 0.29) is 35.8 Å². The van der Waals surface area contributed by atoms with Crippen molar-refractivity contribution in [1.82, 2.24) is 41.1 Å². The molecule has 5 rings (SSSR count). The summed E-state index contributed by atoms with van der Waals surface area (Å²) in [6.07, 6.45) is 11.9. The summed E-state index contributed by atoms with van der Waals surface area (Å²) in [5.74, 6) is 2.60. The van der Waals surface area contributed by atoms with E-state index in [0.717, 1.165) is 117 Å². The number of benzene rings is 1. The number of carbonyl (C=O) groups excluding carboxylic acids is 4. The third kappa shape index (κ3) is 11.2. The molecule has 2 aliphatic heterocycles. The smallest absolute Gasteiger partial charge is 0.315 e. The van der Waals surface area contributed by atoms with Gasteiger partial charge in [-0.15, -0.1) is 0 Å². The minimum atomic E-state index is -0.0609. The van der Waals surface area contributed by atoms with Crippen molar-refractivity contribution in [1.29, 1.82) is 0 Å². The second-order valence-electron chi connectivity index (χ2n) is 14.0. The highest BCUT2D eigenvalue weighted by Gasteiger charge is 2.42. The van der Waals surface area contributed by atoms with E-state index in [9.17, 15) is 19.2 Å². The molecular weight excluding hydrogens is 679 g/mol. The van der Waals surface area contributed by atoms with Gasteiger partial charge in [-0.1, -0.05) is 38.0 Å². The molecule has 14 heteroatoms. The maximum Gasteiger partial charge on any atom is 0.315 e. The van der Waals surface area contributed by atoms with Crippen molar-refractivity contribution in [2.24, 2.45) is 0 Å². The molecule has 0 radical (unpaired) electrons. The second kappa shape index (κ2) is 20.2. The Kier molecular flexibility index (Phi) is 15.2. The monoisotopic (exact) mass is 735 g/mol. The molecule has 284 valence electrons. The molecule has 52 heavy (non-hydrogen) atoms. The van der Waals surface area contributed by atoms with Crippen molar-refractivity contribution in [3.05, 3.63) is 30.1 Å². The first-order valence-corrected chi connectivity index (χ1v) is 20.4. The van der Waals surface area contributed by atoms with Crippen molar-refractivity contribution in [3.8, 4) is 0 Å². The number of thioether (sulfide) groups is 1. The molecule has 0 saturated carbocycles. The zero-order valence-corrected chi connectivity index (χ0v) is 31.5. The third-order valence-corrected chi connectivity index (χ3v) is 11.4. The number of nitrogen functional groups attached to an aromatic ring is 1. The first-order valence-electron chi connectivity index (χ1n) is 19.4. The molecule has 2 fully saturated rings. The predicted molar refractivity (Wildman–Crippen MR) is 208 cm³/mol. The third-order valence-electron chi connectivity index (χ3n) is 9.93. The molecule has 0 bridgehead atoms. The fraction of sp³-hybridized carbons (Fsp3) is 0.632. The number of amides is 5. The Bertz CT molecular complexity index is 1660. The largest absolute Gasteiger partial charge is 0.382 e. The molecule has 3 atom stereocenters. The van der Waals surface area contributed by atoms with E-state index in [1.807, 2.05) is 30.0 Å². The lowest BCUT2D eigenvalue weighted by Crippen LogP contribution is -2.36. The van der Waals surface area contributed by atoms with Gasteiger partial charge in [0.05, 0.1) is 23.1 Å². The fourth-order valence-corrected chi connectivity index (χ4v) is 8.72. The van der Waals surface area contributed by atoms with Crippen LogP contribution in [-0.4, -0.2) is 81.0 Å².